The van der Waals surface area contributed by atoms with E-state index in [9.17, 15) is 9.59 Å². The summed E-state index contributed by atoms with van der Waals surface area (Å²) < 4.78 is 15.9. The lowest BCUT2D eigenvalue weighted by Gasteiger charge is -2.33. The van der Waals surface area contributed by atoms with Crippen molar-refractivity contribution in [3.05, 3.63) is 63.5 Å². The maximum Gasteiger partial charge on any atom is 0.410 e. The molecule has 0 bridgehead atoms. The van der Waals surface area contributed by atoms with E-state index in [1.54, 1.807) is 20.3 Å². The molecule has 4 heterocycles. The molecule has 0 spiro atoms. The number of nitrogens with zero attached hydrogens (tertiary/aromatic N) is 6. The van der Waals surface area contributed by atoms with Gasteiger partial charge in [-0.25, -0.2) is 19.1 Å². The number of nitrogens with one attached hydrogen (secondary N) is 1. The minimum Gasteiger partial charge on any atom is -0.474 e. The van der Waals surface area contributed by atoms with Crippen LogP contribution in [0.1, 0.15) is 40.5 Å². The second kappa shape index (κ2) is 11.3. The second-order valence-electron chi connectivity index (χ2n) is 10.5. The topological polar surface area (TPSA) is 116 Å². The van der Waals surface area contributed by atoms with Crippen molar-refractivity contribution in [2.24, 2.45) is 0 Å². The highest BCUT2D eigenvalue weighted by Gasteiger charge is 2.28. The number of carbonyl (C=O) groups is 1. The van der Waals surface area contributed by atoms with Crippen LogP contribution in [0.15, 0.2) is 57.9 Å². The van der Waals surface area contributed by atoms with E-state index in [0.29, 0.717) is 61.2 Å². The molecule has 0 saturated carbocycles. The molecule has 0 unspecified atom stereocenters. The maximum atomic E-state index is 13.2. The fourth-order valence-electron chi connectivity index (χ4n) is 4.54. The average molecular weight is 611 g/mol. The fraction of sp³-hybridized carbons (Fsp3) is 0.393. The molecule has 1 aliphatic rings. The van der Waals surface area contributed by atoms with Gasteiger partial charge in [0.05, 0.1) is 0 Å². The van der Waals surface area contributed by atoms with E-state index in [4.69, 9.17) is 14.5 Å². The number of aromatic nitrogens is 5. The van der Waals surface area contributed by atoms with E-state index < -0.39 is 5.60 Å². The number of halogens is 1. The van der Waals surface area contributed by atoms with Gasteiger partial charge in [0.25, 0.3) is 5.56 Å². The van der Waals surface area contributed by atoms with Crippen LogP contribution in [-0.4, -0.2) is 60.1 Å². The Labute approximate surface area is 240 Å². The molecule has 3 aromatic heterocycles. The Bertz CT molecular complexity index is 1590. The summed E-state index contributed by atoms with van der Waals surface area (Å²) in [5.74, 6) is 1.30. The molecular formula is C28H32BrN7O4. The number of likely N-dealkylation sites (tertiary alicyclic amines) is 1. The summed E-state index contributed by atoms with van der Waals surface area (Å²) in [5, 5.41) is 3.59. The summed E-state index contributed by atoms with van der Waals surface area (Å²) in [6, 6.07) is 13.1. The van der Waals surface area contributed by atoms with Crippen LogP contribution in [0.2, 0.25) is 0 Å². The standard InChI is InChI=1S/C28H32BrN7O4/c1-5-35-25(37)21-17-30-26(31-19-9-6-8-18(29)16-19)33-24(21)36(35)22-10-7-11-23(32-22)39-20-12-14-34(15-13-20)27(38)40-28(2,3)4/h6-11,16-17,20H,5,12-15H2,1-4H3,(H,30,31,33). The van der Waals surface area contributed by atoms with E-state index in [-0.39, 0.29) is 17.8 Å². The summed E-state index contributed by atoms with van der Waals surface area (Å²) in [6.45, 7) is 8.97. The van der Waals surface area contributed by atoms with Crippen molar-refractivity contribution < 1.29 is 14.3 Å². The molecule has 0 atom stereocenters. The van der Waals surface area contributed by atoms with Gasteiger partial charge in [0.2, 0.25) is 11.8 Å². The molecule has 0 aliphatic carbocycles. The van der Waals surface area contributed by atoms with Gasteiger partial charge in [-0.15, -0.1) is 0 Å². The van der Waals surface area contributed by atoms with Gasteiger partial charge in [-0.2, -0.15) is 9.97 Å². The molecule has 1 aliphatic heterocycles. The number of hydrogen-bond acceptors (Lipinski definition) is 8. The van der Waals surface area contributed by atoms with Gasteiger partial charge in [-0.3, -0.25) is 4.79 Å². The minimum absolute atomic E-state index is 0.0977. The van der Waals surface area contributed by atoms with Gasteiger partial charge in [0.1, 0.15) is 17.1 Å². The van der Waals surface area contributed by atoms with Crippen molar-refractivity contribution in [3.63, 3.8) is 0 Å². The Balaban J connectivity index is 1.38. The number of amides is 1. The summed E-state index contributed by atoms with van der Waals surface area (Å²) in [4.78, 5) is 41.0. The van der Waals surface area contributed by atoms with Crippen LogP contribution < -0.4 is 15.6 Å². The molecule has 1 aromatic carbocycles. The lowest BCUT2D eigenvalue weighted by atomic mass is 10.1. The number of piperidine rings is 1. The van der Waals surface area contributed by atoms with E-state index >= 15 is 0 Å². The predicted molar refractivity (Wildman–Crippen MR) is 155 cm³/mol. The smallest absolute Gasteiger partial charge is 0.410 e. The summed E-state index contributed by atoms with van der Waals surface area (Å²) in [5.41, 5.74) is 0.518. The molecular weight excluding hydrogens is 578 g/mol. The maximum absolute atomic E-state index is 13.2. The number of hydrogen-bond donors (Lipinski definition) is 1. The van der Waals surface area contributed by atoms with Gasteiger partial charge in [-0.05, 0) is 52.0 Å². The van der Waals surface area contributed by atoms with Crippen molar-refractivity contribution >= 4 is 44.7 Å². The Hall–Kier alpha value is -3.93. The van der Waals surface area contributed by atoms with Crippen LogP contribution in [0.3, 0.4) is 0 Å². The van der Waals surface area contributed by atoms with Crippen molar-refractivity contribution in [1.29, 1.82) is 0 Å². The van der Waals surface area contributed by atoms with Crippen LogP contribution >= 0.6 is 15.9 Å². The first-order valence-electron chi connectivity index (χ1n) is 13.2. The third-order valence-corrected chi connectivity index (χ3v) is 6.86. The number of benzene rings is 1. The molecule has 0 radical (unpaired) electrons. The van der Waals surface area contributed by atoms with Crippen molar-refractivity contribution in [1.82, 2.24) is 29.2 Å². The molecule has 40 heavy (non-hydrogen) atoms. The zero-order valence-corrected chi connectivity index (χ0v) is 24.5. The number of pyridine rings is 1. The van der Waals surface area contributed by atoms with Crippen LogP contribution in [-0.2, 0) is 11.3 Å². The van der Waals surface area contributed by atoms with E-state index in [2.05, 4.69) is 31.2 Å². The highest BCUT2D eigenvalue weighted by molar-refractivity contribution is 9.10. The van der Waals surface area contributed by atoms with E-state index in [1.807, 2.05) is 64.1 Å². The molecule has 11 nitrogen and oxygen atoms in total. The predicted octanol–water partition coefficient (Wildman–Crippen LogP) is 5.28. The number of fused-ring (bicyclic) bond motifs is 1. The highest BCUT2D eigenvalue weighted by Crippen LogP contribution is 2.23. The van der Waals surface area contributed by atoms with Gasteiger partial charge < -0.3 is 19.7 Å². The molecule has 1 amide bonds. The zero-order valence-electron chi connectivity index (χ0n) is 22.9. The Morgan fingerprint density at radius 2 is 1.88 bits per heavy atom. The first-order valence-corrected chi connectivity index (χ1v) is 14.0. The number of ether oxygens (including phenoxy) is 2. The third-order valence-electron chi connectivity index (χ3n) is 6.36. The van der Waals surface area contributed by atoms with Crippen LogP contribution in [0, 0.1) is 0 Å². The monoisotopic (exact) mass is 609 g/mol. The van der Waals surface area contributed by atoms with Gasteiger partial charge in [0.15, 0.2) is 11.5 Å². The van der Waals surface area contributed by atoms with Gasteiger partial charge >= 0.3 is 6.09 Å². The summed E-state index contributed by atoms with van der Waals surface area (Å²) in [6.07, 6.45) is 2.45. The highest BCUT2D eigenvalue weighted by atomic mass is 79.9. The van der Waals surface area contributed by atoms with Crippen molar-refractivity contribution in [2.75, 3.05) is 18.4 Å². The molecule has 1 fully saturated rings. The fourth-order valence-corrected chi connectivity index (χ4v) is 4.94. The Kier molecular flexibility index (Phi) is 7.79. The molecule has 4 aromatic rings. The quantitative estimate of drug-likeness (QED) is 0.314. The van der Waals surface area contributed by atoms with E-state index in [1.165, 1.54) is 6.20 Å². The molecule has 5 rings (SSSR count). The lowest BCUT2D eigenvalue weighted by molar-refractivity contribution is 0.0123. The Morgan fingerprint density at radius 1 is 1.12 bits per heavy atom. The van der Waals surface area contributed by atoms with Crippen LogP contribution in [0.5, 0.6) is 5.88 Å². The normalized spacial score (nSPS) is 14.4. The average Bonchev–Trinajstić information content (AvgIpc) is 3.19. The zero-order chi connectivity index (χ0) is 28.4. The van der Waals surface area contributed by atoms with Crippen LogP contribution in [0.4, 0.5) is 16.4 Å². The number of rotatable bonds is 6. The number of anilines is 2. The first-order chi connectivity index (χ1) is 19.1. The SMILES string of the molecule is CCn1c(=O)c2cnc(Nc3cccc(Br)c3)nc2n1-c1cccc(OC2CCN(C(=O)OC(C)(C)C)CC2)n1. The molecule has 12 heteroatoms. The summed E-state index contributed by atoms with van der Waals surface area (Å²) in [7, 11) is 0. The summed E-state index contributed by atoms with van der Waals surface area (Å²) >= 11 is 3.47. The molecule has 210 valence electrons. The molecule has 1 N–H and O–H groups in total. The Morgan fingerprint density at radius 3 is 2.58 bits per heavy atom. The van der Waals surface area contributed by atoms with E-state index in [0.717, 1.165) is 10.2 Å². The molecule has 1 saturated heterocycles. The second-order valence-corrected chi connectivity index (χ2v) is 11.4. The van der Waals surface area contributed by atoms with Crippen molar-refractivity contribution in [2.45, 2.75) is 58.8 Å². The third kappa shape index (κ3) is 6.11. The van der Waals surface area contributed by atoms with Gasteiger partial charge in [-0.1, -0.05) is 28.1 Å². The minimum atomic E-state index is -0.531. The largest absolute Gasteiger partial charge is 0.474 e. The van der Waals surface area contributed by atoms with Crippen molar-refractivity contribution in [3.8, 4) is 11.7 Å². The van der Waals surface area contributed by atoms with Gasteiger partial charge in [0, 0.05) is 54.9 Å². The first kappa shape index (κ1) is 27.6. The van der Waals surface area contributed by atoms with Crippen LogP contribution in [0.25, 0.3) is 16.9 Å². The number of carbonyl (C=O) groups excluding carboxylic acids is 1. The lowest BCUT2D eigenvalue weighted by Crippen LogP contribution is -2.44.